The molecule has 17 heavy (non-hydrogen) atoms. The third-order valence-electron chi connectivity index (χ3n) is 3.29. The molecule has 0 bridgehead atoms. The highest BCUT2D eigenvalue weighted by Gasteiger charge is 2.31. The van der Waals surface area contributed by atoms with E-state index in [-0.39, 0.29) is 5.92 Å². The normalized spacial score (nSPS) is 21.1. The van der Waals surface area contributed by atoms with Gasteiger partial charge in [-0.1, -0.05) is 31.2 Å². The van der Waals surface area contributed by atoms with Crippen LogP contribution in [0.2, 0.25) is 0 Å². The molecular formula is C13H16O3S. The van der Waals surface area contributed by atoms with Gasteiger partial charge in [0.25, 0.3) is 0 Å². The molecule has 0 radical (unpaired) electrons. The number of carbonyl (C=O) groups is 1. The number of fused-ring (bicyclic) bond motifs is 1. The molecule has 0 saturated carbocycles. The number of hydrogen-bond donors (Lipinski definition) is 1. The number of aliphatic carboxylic acids is 1. The van der Waals surface area contributed by atoms with Crippen LogP contribution < -0.4 is 0 Å². The largest absolute Gasteiger partial charge is 0.480 e. The predicted octanol–water partition coefficient (Wildman–Crippen LogP) is 1.94. The van der Waals surface area contributed by atoms with E-state index in [1.807, 2.05) is 18.2 Å². The maximum absolute atomic E-state index is 12.0. The molecule has 4 heteroatoms. The lowest BCUT2D eigenvalue weighted by Crippen LogP contribution is -2.31. The van der Waals surface area contributed by atoms with Crippen LogP contribution in [0, 0.1) is 0 Å². The van der Waals surface area contributed by atoms with Gasteiger partial charge in [-0.3, -0.25) is 9.00 Å². The Morgan fingerprint density at radius 2 is 2.24 bits per heavy atom. The lowest BCUT2D eigenvalue weighted by molar-refractivity contribution is -0.136. The summed E-state index contributed by atoms with van der Waals surface area (Å²) in [5.41, 5.74) is 2.54. The van der Waals surface area contributed by atoms with E-state index in [0.29, 0.717) is 12.2 Å². The van der Waals surface area contributed by atoms with Gasteiger partial charge >= 0.3 is 5.97 Å². The number of hydrogen-bond acceptors (Lipinski definition) is 2. The Morgan fingerprint density at radius 1 is 1.53 bits per heavy atom. The molecule has 1 aliphatic carbocycles. The predicted molar refractivity (Wildman–Crippen MR) is 67.6 cm³/mol. The van der Waals surface area contributed by atoms with Crippen molar-refractivity contribution in [3.63, 3.8) is 0 Å². The summed E-state index contributed by atoms with van der Waals surface area (Å²) >= 11 is 0. The van der Waals surface area contributed by atoms with Gasteiger partial charge in [0, 0.05) is 16.6 Å². The topological polar surface area (TPSA) is 54.4 Å². The monoisotopic (exact) mass is 252 g/mol. The van der Waals surface area contributed by atoms with Crippen LogP contribution in [-0.2, 0) is 22.0 Å². The summed E-state index contributed by atoms with van der Waals surface area (Å²) in [5.74, 6) is -0.194. The smallest absolute Gasteiger partial charge is 0.319 e. The molecule has 2 rings (SSSR count). The molecule has 1 aromatic carbocycles. The number of carboxylic acids is 1. The average molecular weight is 252 g/mol. The van der Waals surface area contributed by atoms with E-state index in [1.165, 1.54) is 11.1 Å². The number of benzene rings is 1. The second-order valence-electron chi connectivity index (χ2n) is 4.38. The van der Waals surface area contributed by atoms with Crippen molar-refractivity contribution in [2.75, 3.05) is 5.75 Å². The Kier molecular flexibility index (Phi) is 3.62. The molecule has 3 atom stereocenters. The SMILES string of the molecule is CCC(C(=O)O)S(=O)CC1Cc2ccccc21. The van der Waals surface area contributed by atoms with Crippen LogP contribution in [0.15, 0.2) is 24.3 Å². The van der Waals surface area contributed by atoms with E-state index in [1.54, 1.807) is 6.92 Å². The minimum absolute atomic E-state index is 0.278. The van der Waals surface area contributed by atoms with Crippen molar-refractivity contribution < 1.29 is 14.1 Å². The van der Waals surface area contributed by atoms with Crippen LogP contribution in [-0.4, -0.2) is 26.3 Å². The minimum Gasteiger partial charge on any atom is -0.480 e. The standard InChI is InChI=1S/C13H16O3S/c1-2-12(13(14)15)17(16)8-10-7-9-5-3-4-6-11(9)10/h3-6,10,12H,2,7-8H2,1H3,(H,14,15). The second-order valence-corrected chi connectivity index (χ2v) is 6.05. The van der Waals surface area contributed by atoms with Crippen molar-refractivity contribution in [2.45, 2.75) is 30.9 Å². The zero-order valence-corrected chi connectivity index (χ0v) is 10.6. The molecule has 0 amide bonds. The summed E-state index contributed by atoms with van der Waals surface area (Å²) < 4.78 is 12.0. The zero-order chi connectivity index (χ0) is 12.4. The average Bonchev–Trinajstić information content (AvgIpc) is 2.26. The molecule has 0 fully saturated rings. The van der Waals surface area contributed by atoms with Gasteiger partial charge in [0.15, 0.2) is 0 Å². The molecule has 0 aromatic heterocycles. The van der Waals surface area contributed by atoms with Crippen molar-refractivity contribution in [1.82, 2.24) is 0 Å². The molecule has 1 aliphatic rings. The van der Waals surface area contributed by atoms with Gasteiger partial charge in [-0.15, -0.1) is 0 Å². The fourth-order valence-corrected chi connectivity index (χ4v) is 3.82. The third-order valence-corrected chi connectivity index (χ3v) is 5.19. The van der Waals surface area contributed by atoms with Crippen molar-refractivity contribution >= 4 is 16.8 Å². The molecule has 0 aliphatic heterocycles. The molecule has 0 spiro atoms. The third kappa shape index (κ3) is 2.41. The first-order valence-electron chi connectivity index (χ1n) is 5.81. The lowest BCUT2D eigenvalue weighted by Gasteiger charge is -2.30. The van der Waals surface area contributed by atoms with Crippen LogP contribution in [0.4, 0.5) is 0 Å². The van der Waals surface area contributed by atoms with E-state index < -0.39 is 22.0 Å². The first-order chi connectivity index (χ1) is 8.13. The molecule has 3 nitrogen and oxygen atoms in total. The van der Waals surface area contributed by atoms with Crippen LogP contribution >= 0.6 is 0 Å². The van der Waals surface area contributed by atoms with Gasteiger partial charge in [-0.25, -0.2) is 0 Å². The van der Waals surface area contributed by atoms with Crippen LogP contribution in [0.1, 0.15) is 30.4 Å². The van der Waals surface area contributed by atoms with E-state index in [2.05, 4.69) is 6.07 Å². The Labute approximate surface area is 103 Å². The fourth-order valence-electron chi connectivity index (χ4n) is 2.30. The Bertz CT molecular complexity index is 456. The highest BCUT2D eigenvalue weighted by Crippen LogP contribution is 2.35. The number of rotatable bonds is 5. The van der Waals surface area contributed by atoms with Gasteiger partial charge in [0.1, 0.15) is 5.25 Å². The van der Waals surface area contributed by atoms with Gasteiger partial charge in [-0.05, 0) is 29.9 Å². The van der Waals surface area contributed by atoms with Crippen molar-refractivity contribution in [3.8, 4) is 0 Å². The first kappa shape index (κ1) is 12.3. The first-order valence-corrected chi connectivity index (χ1v) is 7.19. The van der Waals surface area contributed by atoms with Crippen LogP contribution in [0.5, 0.6) is 0 Å². The fraction of sp³-hybridized carbons (Fsp3) is 0.462. The maximum Gasteiger partial charge on any atom is 0.319 e. The summed E-state index contributed by atoms with van der Waals surface area (Å²) in [7, 11) is -1.27. The van der Waals surface area contributed by atoms with Gasteiger partial charge in [0.05, 0.1) is 0 Å². The second kappa shape index (κ2) is 5.00. The van der Waals surface area contributed by atoms with E-state index >= 15 is 0 Å². The molecule has 92 valence electrons. The van der Waals surface area contributed by atoms with Crippen molar-refractivity contribution in [3.05, 3.63) is 35.4 Å². The van der Waals surface area contributed by atoms with Gasteiger partial charge in [0.2, 0.25) is 0 Å². The van der Waals surface area contributed by atoms with Crippen molar-refractivity contribution in [2.24, 2.45) is 0 Å². The van der Waals surface area contributed by atoms with Crippen molar-refractivity contribution in [1.29, 1.82) is 0 Å². The zero-order valence-electron chi connectivity index (χ0n) is 9.76. The molecule has 0 heterocycles. The quantitative estimate of drug-likeness (QED) is 0.871. The summed E-state index contributed by atoms with van der Waals surface area (Å²) in [6, 6.07) is 8.09. The van der Waals surface area contributed by atoms with Gasteiger partial charge < -0.3 is 5.11 Å². The van der Waals surface area contributed by atoms with E-state index in [9.17, 15) is 9.00 Å². The Morgan fingerprint density at radius 3 is 2.82 bits per heavy atom. The van der Waals surface area contributed by atoms with E-state index in [0.717, 1.165) is 6.42 Å². The Balaban J connectivity index is 2.00. The molecule has 3 unspecified atom stereocenters. The summed E-state index contributed by atoms with van der Waals surface area (Å²) in [6.45, 7) is 1.77. The van der Waals surface area contributed by atoms with Gasteiger partial charge in [-0.2, -0.15) is 0 Å². The van der Waals surface area contributed by atoms with E-state index in [4.69, 9.17) is 5.11 Å². The minimum atomic E-state index is -1.27. The molecular weight excluding hydrogens is 236 g/mol. The highest BCUT2D eigenvalue weighted by molar-refractivity contribution is 7.86. The summed E-state index contributed by atoms with van der Waals surface area (Å²) in [4.78, 5) is 10.9. The summed E-state index contributed by atoms with van der Waals surface area (Å²) in [6.07, 6.45) is 1.36. The Hall–Kier alpha value is -1.16. The molecule has 1 N–H and O–H groups in total. The highest BCUT2D eigenvalue weighted by atomic mass is 32.2. The maximum atomic E-state index is 12.0. The van der Waals surface area contributed by atoms with Crippen LogP contribution in [0.25, 0.3) is 0 Å². The van der Waals surface area contributed by atoms with Crippen LogP contribution in [0.3, 0.4) is 0 Å². The molecule has 0 saturated heterocycles. The molecule has 1 aromatic rings. The number of carboxylic acid groups (broad SMARTS) is 1. The summed E-state index contributed by atoms with van der Waals surface area (Å²) in [5, 5.41) is 8.23. The lowest BCUT2D eigenvalue weighted by atomic mass is 9.79.